The van der Waals surface area contributed by atoms with Crippen molar-refractivity contribution in [1.82, 2.24) is 19.6 Å². The van der Waals surface area contributed by atoms with E-state index in [0.717, 1.165) is 33.4 Å². The number of hydrogen-bond donors (Lipinski definition) is 1. The van der Waals surface area contributed by atoms with Gasteiger partial charge in [-0.25, -0.2) is 9.50 Å². The van der Waals surface area contributed by atoms with Crippen LogP contribution in [-0.4, -0.2) is 31.7 Å². The van der Waals surface area contributed by atoms with Gasteiger partial charge in [0.2, 0.25) is 11.1 Å². The Bertz CT molecular complexity index is 1160. The summed E-state index contributed by atoms with van der Waals surface area (Å²) in [7, 11) is 0. The maximum atomic E-state index is 12.7. The van der Waals surface area contributed by atoms with Crippen molar-refractivity contribution in [2.24, 2.45) is 0 Å². The number of nitrogens with one attached hydrogen (secondary N) is 1. The molecule has 2 aromatic carbocycles. The highest BCUT2D eigenvalue weighted by Crippen LogP contribution is 2.24. The second kappa shape index (κ2) is 7.00. The van der Waals surface area contributed by atoms with Gasteiger partial charge in [0, 0.05) is 28.0 Å². The standard InChI is InChI=1S/C20H19N5OS/c1-12-16(13(2)25-19(21-12)23-20(24-25)27-3)11-18(26)22-17-10-6-8-14-7-4-5-9-15(14)17/h4-10H,11H2,1-3H3,(H,22,26). The Balaban J connectivity index is 1.64. The van der Waals surface area contributed by atoms with E-state index in [0.29, 0.717) is 10.9 Å². The molecule has 0 unspecified atom stereocenters. The average Bonchev–Trinajstić information content (AvgIpc) is 3.09. The van der Waals surface area contributed by atoms with Crippen LogP contribution in [0, 0.1) is 13.8 Å². The fourth-order valence-corrected chi connectivity index (χ4v) is 3.56. The highest BCUT2D eigenvalue weighted by Gasteiger charge is 2.16. The van der Waals surface area contributed by atoms with E-state index in [2.05, 4.69) is 20.4 Å². The van der Waals surface area contributed by atoms with Crippen molar-refractivity contribution in [1.29, 1.82) is 0 Å². The molecule has 6 nitrogen and oxygen atoms in total. The number of aromatic nitrogens is 4. The quantitative estimate of drug-likeness (QED) is 0.548. The molecule has 0 aliphatic heterocycles. The first-order valence-corrected chi connectivity index (χ1v) is 9.83. The molecule has 0 atom stereocenters. The van der Waals surface area contributed by atoms with Gasteiger partial charge in [-0.2, -0.15) is 4.98 Å². The maximum Gasteiger partial charge on any atom is 0.253 e. The monoisotopic (exact) mass is 377 g/mol. The maximum absolute atomic E-state index is 12.7. The molecule has 0 spiro atoms. The summed E-state index contributed by atoms with van der Waals surface area (Å²) >= 11 is 1.47. The van der Waals surface area contributed by atoms with Crippen LogP contribution in [0.5, 0.6) is 0 Å². The molecule has 0 saturated heterocycles. The lowest BCUT2D eigenvalue weighted by molar-refractivity contribution is -0.115. The van der Waals surface area contributed by atoms with Crippen LogP contribution in [0.4, 0.5) is 5.69 Å². The van der Waals surface area contributed by atoms with Crippen LogP contribution in [0.25, 0.3) is 16.6 Å². The first-order chi connectivity index (χ1) is 13.1. The predicted octanol–water partition coefficient (Wildman–Crippen LogP) is 3.80. The summed E-state index contributed by atoms with van der Waals surface area (Å²) in [5, 5.41) is 10.3. The SMILES string of the molecule is CSc1nc2nc(C)c(CC(=O)Nc3cccc4ccccc34)c(C)n2n1. The average molecular weight is 377 g/mol. The molecule has 1 amide bonds. The summed E-state index contributed by atoms with van der Waals surface area (Å²) in [4.78, 5) is 21.6. The summed E-state index contributed by atoms with van der Waals surface area (Å²) in [5.74, 6) is 0.483. The van der Waals surface area contributed by atoms with Crippen LogP contribution in [0.15, 0.2) is 47.6 Å². The van der Waals surface area contributed by atoms with E-state index in [9.17, 15) is 4.79 Å². The van der Waals surface area contributed by atoms with Crippen LogP contribution in [0.3, 0.4) is 0 Å². The van der Waals surface area contributed by atoms with Gasteiger partial charge in [0.05, 0.1) is 6.42 Å². The fraction of sp³-hybridized carbons (Fsp3) is 0.200. The van der Waals surface area contributed by atoms with E-state index in [1.807, 2.05) is 62.6 Å². The molecule has 0 aliphatic rings. The lowest BCUT2D eigenvalue weighted by Gasteiger charge is -2.12. The number of aryl methyl sites for hydroxylation is 2. The molecule has 2 aromatic heterocycles. The normalized spacial score (nSPS) is 11.2. The van der Waals surface area contributed by atoms with Gasteiger partial charge >= 0.3 is 0 Å². The van der Waals surface area contributed by atoms with Crippen LogP contribution in [0.1, 0.15) is 17.0 Å². The molecule has 7 heteroatoms. The molecule has 27 heavy (non-hydrogen) atoms. The zero-order valence-electron chi connectivity index (χ0n) is 15.4. The van der Waals surface area contributed by atoms with E-state index in [4.69, 9.17) is 0 Å². The Morgan fingerprint density at radius 3 is 2.70 bits per heavy atom. The number of carbonyl (C=O) groups excluding carboxylic acids is 1. The van der Waals surface area contributed by atoms with Crippen LogP contribution < -0.4 is 5.32 Å². The Kier molecular flexibility index (Phi) is 4.53. The first-order valence-electron chi connectivity index (χ1n) is 8.61. The van der Waals surface area contributed by atoms with E-state index in [1.165, 1.54) is 11.8 Å². The van der Waals surface area contributed by atoms with Gasteiger partial charge in [0.25, 0.3) is 5.78 Å². The van der Waals surface area contributed by atoms with Gasteiger partial charge in [-0.3, -0.25) is 4.79 Å². The summed E-state index contributed by atoms with van der Waals surface area (Å²) in [6.45, 7) is 3.85. The highest BCUT2D eigenvalue weighted by molar-refractivity contribution is 7.98. The lowest BCUT2D eigenvalue weighted by atomic mass is 10.1. The number of nitrogens with zero attached hydrogens (tertiary/aromatic N) is 4. The van der Waals surface area contributed by atoms with Crippen LogP contribution >= 0.6 is 11.8 Å². The molecule has 0 bridgehead atoms. The van der Waals surface area contributed by atoms with Crippen LogP contribution in [0.2, 0.25) is 0 Å². The smallest absolute Gasteiger partial charge is 0.253 e. The molecule has 0 fully saturated rings. The Hall–Kier alpha value is -2.93. The molecular weight excluding hydrogens is 358 g/mol. The molecular formula is C20H19N5OS. The third-order valence-electron chi connectivity index (χ3n) is 4.61. The second-order valence-electron chi connectivity index (χ2n) is 6.32. The van der Waals surface area contributed by atoms with Gasteiger partial charge in [-0.05, 0) is 31.6 Å². The van der Waals surface area contributed by atoms with E-state index in [1.54, 1.807) is 4.52 Å². The Labute approximate surface area is 161 Å². The topological polar surface area (TPSA) is 72.2 Å². The third-order valence-corrected chi connectivity index (χ3v) is 5.15. The zero-order valence-corrected chi connectivity index (χ0v) is 16.2. The Morgan fingerprint density at radius 2 is 1.89 bits per heavy atom. The minimum absolute atomic E-state index is 0.0797. The van der Waals surface area contributed by atoms with Crippen molar-refractivity contribution in [3.05, 3.63) is 59.4 Å². The number of thioether (sulfide) groups is 1. The van der Waals surface area contributed by atoms with Gasteiger partial charge < -0.3 is 5.32 Å². The zero-order chi connectivity index (χ0) is 19.0. The van der Waals surface area contributed by atoms with Gasteiger partial charge in [0.15, 0.2) is 0 Å². The number of rotatable bonds is 4. The number of amides is 1. The summed E-state index contributed by atoms with van der Waals surface area (Å²) in [5.41, 5.74) is 3.37. The van der Waals surface area contributed by atoms with E-state index in [-0.39, 0.29) is 12.3 Å². The molecule has 1 N–H and O–H groups in total. The number of benzene rings is 2. The van der Waals surface area contributed by atoms with Crippen molar-refractivity contribution in [2.75, 3.05) is 11.6 Å². The molecule has 136 valence electrons. The second-order valence-corrected chi connectivity index (χ2v) is 7.10. The number of fused-ring (bicyclic) bond motifs is 2. The minimum Gasteiger partial charge on any atom is -0.325 e. The van der Waals surface area contributed by atoms with Gasteiger partial charge in [-0.15, -0.1) is 5.10 Å². The van der Waals surface area contributed by atoms with Crippen molar-refractivity contribution < 1.29 is 4.79 Å². The third kappa shape index (κ3) is 3.26. The number of anilines is 1. The summed E-state index contributed by atoms with van der Waals surface area (Å²) < 4.78 is 1.71. The molecule has 0 saturated carbocycles. The van der Waals surface area contributed by atoms with Gasteiger partial charge in [-0.1, -0.05) is 48.2 Å². The summed E-state index contributed by atoms with van der Waals surface area (Å²) in [6.07, 6.45) is 2.16. The number of hydrogen-bond acceptors (Lipinski definition) is 5. The molecule has 0 radical (unpaired) electrons. The highest BCUT2D eigenvalue weighted by atomic mass is 32.2. The Morgan fingerprint density at radius 1 is 1.11 bits per heavy atom. The largest absolute Gasteiger partial charge is 0.325 e. The molecule has 4 rings (SSSR count). The van der Waals surface area contributed by atoms with Crippen molar-refractivity contribution in [2.45, 2.75) is 25.4 Å². The fourth-order valence-electron chi connectivity index (χ4n) is 3.22. The summed E-state index contributed by atoms with van der Waals surface area (Å²) in [6, 6.07) is 13.9. The molecule has 2 heterocycles. The lowest BCUT2D eigenvalue weighted by Crippen LogP contribution is -2.18. The van der Waals surface area contributed by atoms with E-state index >= 15 is 0 Å². The first kappa shape index (κ1) is 17.5. The van der Waals surface area contributed by atoms with Crippen molar-refractivity contribution in [3.8, 4) is 0 Å². The minimum atomic E-state index is -0.0797. The van der Waals surface area contributed by atoms with Crippen molar-refractivity contribution >= 4 is 39.9 Å². The number of carbonyl (C=O) groups is 1. The van der Waals surface area contributed by atoms with Gasteiger partial charge in [0.1, 0.15) is 0 Å². The van der Waals surface area contributed by atoms with Crippen molar-refractivity contribution in [3.63, 3.8) is 0 Å². The molecule has 0 aliphatic carbocycles. The van der Waals surface area contributed by atoms with Crippen LogP contribution in [-0.2, 0) is 11.2 Å². The molecule has 4 aromatic rings. The predicted molar refractivity (Wildman–Crippen MR) is 108 cm³/mol. The van der Waals surface area contributed by atoms with E-state index < -0.39 is 0 Å².